The van der Waals surface area contributed by atoms with Crippen LogP contribution in [0.3, 0.4) is 0 Å². The summed E-state index contributed by atoms with van der Waals surface area (Å²) in [4.78, 5) is 51.7. The number of aryl methyl sites for hydroxylation is 1. The molecule has 0 saturated carbocycles. The van der Waals surface area contributed by atoms with Crippen LogP contribution in [0.15, 0.2) is 21.0 Å². The van der Waals surface area contributed by atoms with Gasteiger partial charge in [-0.25, -0.2) is 14.8 Å². The number of hydrazone groups is 1. The minimum absolute atomic E-state index is 0.209. The molecule has 1 N–H and O–H groups in total. The fourth-order valence-corrected chi connectivity index (χ4v) is 3.79. The Bertz CT molecular complexity index is 1060. The molecule has 26 heavy (non-hydrogen) atoms. The van der Waals surface area contributed by atoms with Gasteiger partial charge in [0.25, 0.3) is 5.56 Å². The fourth-order valence-electron chi connectivity index (χ4n) is 2.66. The number of imidazole rings is 1. The molecule has 2 aromatic heterocycles. The van der Waals surface area contributed by atoms with Crippen LogP contribution in [0.25, 0.3) is 11.2 Å². The zero-order valence-electron chi connectivity index (χ0n) is 14.6. The molecule has 0 spiro atoms. The molecule has 0 aromatic carbocycles. The number of amides is 2. The molecule has 0 fully saturated rings. The average Bonchev–Trinajstić information content (AvgIpc) is 3.15. The second-order valence-corrected chi connectivity index (χ2v) is 6.96. The molecule has 0 saturated heterocycles. The lowest BCUT2D eigenvalue weighted by molar-refractivity contribution is -0.129. The summed E-state index contributed by atoms with van der Waals surface area (Å²) in [5.41, 5.74) is -0.421. The summed E-state index contributed by atoms with van der Waals surface area (Å²) in [6.45, 7) is 2.92. The molecule has 12 heteroatoms. The molecule has 0 aliphatic carbocycles. The van der Waals surface area contributed by atoms with Crippen LogP contribution < -0.4 is 16.6 Å². The van der Waals surface area contributed by atoms with E-state index in [-0.39, 0.29) is 29.5 Å². The molecular weight excluding hydrogens is 362 g/mol. The third-order valence-corrected chi connectivity index (χ3v) is 4.92. The smallest absolute Gasteiger partial charge is 0.322 e. The molecule has 0 radical (unpaired) electrons. The van der Waals surface area contributed by atoms with Crippen LogP contribution in [0, 0.1) is 0 Å². The number of rotatable bonds is 2. The zero-order valence-corrected chi connectivity index (χ0v) is 15.4. The van der Waals surface area contributed by atoms with E-state index in [1.54, 1.807) is 4.57 Å². The van der Waals surface area contributed by atoms with Crippen LogP contribution in [0.5, 0.6) is 0 Å². The van der Waals surface area contributed by atoms with E-state index in [0.29, 0.717) is 5.17 Å². The second-order valence-electron chi connectivity index (χ2n) is 5.80. The average molecular weight is 379 g/mol. The van der Waals surface area contributed by atoms with E-state index in [1.807, 2.05) is 0 Å². The van der Waals surface area contributed by atoms with Crippen molar-refractivity contribution >= 4 is 39.9 Å². The van der Waals surface area contributed by atoms with Gasteiger partial charge in [-0.2, -0.15) is 0 Å². The number of hydrogen-bond acceptors (Lipinski definition) is 7. The van der Waals surface area contributed by atoms with E-state index in [1.165, 1.54) is 55.6 Å². The first-order valence-corrected chi connectivity index (χ1v) is 8.52. The van der Waals surface area contributed by atoms with Gasteiger partial charge in [0.2, 0.25) is 11.8 Å². The van der Waals surface area contributed by atoms with E-state index in [9.17, 15) is 19.2 Å². The maximum atomic E-state index is 12.5. The van der Waals surface area contributed by atoms with Gasteiger partial charge in [-0.05, 0) is 0 Å². The fraction of sp³-hybridized carbons (Fsp3) is 0.429. The molecule has 3 rings (SSSR count). The molecule has 2 amide bonds. The van der Waals surface area contributed by atoms with Crippen LogP contribution in [-0.2, 0) is 30.2 Å². The van der Waals surface area contributed by atoms with E-state index < -0.39 is 16.6 Å². The molecule has 138 valence electrons. The Kier molecular flexibility index (Phi) is 4.44. The highest BCUT2D eigenvalue weighted by molar-refractivity contribution is 8.14. The van der Waals surface area contributed by atoms with Crippen LogP contribution >= 0.6 is 11.8 Å². The Labute approximate surface area is 151 Å². The number of carbonyl (C=O) groups excluding carboxylic acids is 2. The van der Waals surface area contributed by atoms with Crippen molar-refractivity contribution in [3.8, 4) is 0 Å². The molecular formula is C14H17N7O4S. The largest absolute Gasteiger partial charge is 0.332 e. The van der Waals surface area contributed by atoms with Crippen molar-refractivity contribution < 1.29 is 9.59 Å². The third-order valence-electron chi connectivity index (χ3n) is 3.89. The third kappa shape index (κ3) is 2.92. The summed E-state index contributed by atoms with van der Waals surface area (Å²) in [5.74, 6) is -0.593. The number of nitrogens with one attached hydrogen (secondary N) is 1. The van der Waals surface area contributed by atoms with Gasteiger partial charge in [0.15, 0.2) is 16.3 Å². The summed E-state index contributed by atoms with van der Waals surface area (Å²) in [6.07, 6.45) is 1.45. The van der Waals surface area contributed by atoms with Crippen molar-refractivity contribution in [2.45, 2.75) is 25.8 Å². The summed E-state index contributed by atoms with van der Waals surface area (Å²) < 4.78 is 3.87. The SMILES string of the molecule is CC(=O)NC1=NN(C(C)=O)C(Cn2cnc3c2c(=O)n(C)c(=O)n3C)S1. The number of carbonyl (C=O) groups is 2. The Morgan fingerprint density at radius 3 is 2.54 bits per heavy atom. The minimum atomic E-state index is -0.471. The molecule has 1 aliphatic rings. The predicted octanol–water partition coefficient (Wildman–Crippen LogP) is -1.24. The normalized spacial score (nSPS) is 16.8. The first-order chi connectivity index (χ1) is 12.2. The number of hydrogen-bond donors (Lipinski definition) is 1. The van der Waals surface area contributed by atoms with Crippen molar-refractivity contribution in [2.24, 2.45) is 19.2 Å². The van der Waals surface area contributed by atoms with Crippen molar-refractivity contribution in [1.82, 2.24) is 29.0 Å². The van der Waals surface area contributed by atoms with Crippen molar-refractivity contribution in [1.29, 1.82) is 0 Å². The van der Waals surface area contributed by atoms with Gasteiger partial charge >= 0.3 is 5.69 Å². The summed E-state index contributed by atoms with van der Waals surface area (Å²) in [5, 5.41) is 7.74. The van der Waals surface area contributed by atoms with E-state index in [4.69, 9.17) is 0 Å². The van der Waals surface area contributed by atoms with Gasteiger partial charge < -0.3 is 9.88 Å². The van der Waals surface area contributed by atoms with Crippen molar-refractivity contribution in [3.05, 3.63) is 27.2 Å². The lowest BCUT2D eigenvalue weighted by Crippen LogP contribution is -2.38. The number of fused-ring (bicyclic) bond motifs is 1. The summed E-state index contributed by atoms with van der Waals surface area (Å²) >= 11 is 1.20. The van der Waals surface area contributed by atoms with Gasteiger partial charge in [0.05, 0.1) is 12.9 Å². The lowest BCUT2D eigenvalue weighted by atomic mass is 10.4. The van der Waals surface area contributed by atoms with E-state index >= 15 is 0 Å². The minimum Gasteiger partial charge on any atom is -0.322 e. The van der Waals surface area contributed by atoms with Gasteiger partial charge in [-0.3, -0.25) is 23.5 Å². The van der Waals surface area contributed by atoms with Crippen molar-refractivity contribution in [3.63, 3.8) is 0 Å². The highest BCUT2D eigenvalue weighted by Gasteiger charge is 2.32. The molecule has 2 aromatic rings. The van der Waals surface area contributed by atoms with Crippen LogP contribution in [0.4, 0.5) is 0 Å². The predicted molar refractivity (Wildman–Crippen MR) is 95.4 cm³/mol. The molecule has 11 nitrogen and oxygen atoms in total. The highest BCUT2D eigenvalue weighted by atomic mass is 32.2. The maximum Gasteiger partial charge on any atom is 0.332 e. The number of aromatic nitrogens is 4. The molecule has 1 aliphatic heterocycles. The maximum absolute atomic E-state index is 12.5. The monoisotopic (exact) mass is 379 g/mol. The second kappa shape index (κ2) is 6.44. The summed E-state index contributed by atoms with van der Waals surface area (Å²) in [7, 11) is 2.93. The molecule has 1 atom stereocenters. The van der Waals surface area contributed by atoms with Gasteiger partial charge in [-0.1, -0.05) is 11.8 Å². The molecule has 0 bridgehead atoms. The standard InChI is InChI=1S/C14H17N7O4S/c1-7(22)16-13-17-21(8(2)23)9(26-13)5-20-6-15-11-10(20)12(24)19(4)14(25)18(11)3/h6,9H,5H2,1-4H3,(H,16,17,22). The first kappa shape index (κ1) is 17.9. The number of amidine groups is 1. The van der Waals surface area contributed by atoms with E-state index in [0.717, 1.165) is 4.57 Å². The highest BCUT2D eigenvalue weighted by Crippen LogP contribution is 2.27. The number of thioether (sulfide) groups is 1. The number of nitrogens with zero attached hydrogens (tertiary/aromatic N) is 6. The van der Waals surface area contributed by atoms with Gasteiger partial charge in [0.1, 0.15) is 5.37 Å². The van der Waals surface area contributed by atoms with Crippen LogP contribution in [0.1, 0.15) is 13.8 Å². The van der Waals surface area contributed by atoms with Crippen LogP contribution in [-0.4, -0.2) is 46.1 Å². The topological polar surface area (TPSA) is 124 Å². The Morgan fingerprint density at radius 2 is 1.92 bits per heavy atom. The van der Waals surface area contributed by atoms with Crippen molar-refractivity contribution in [2.75, 3.05) is 0 Å². The van der Waals surface area contributed by atoms with Gasteiger partial charge in [-0.15, -0.1) is 5.10 Å². The van der Waals surface area contributed by atoms with Gasteiger partial charge in [0, 0.05) is 27.9 Å². The Balaban J connectivity index is 1.99. The van der Waals surface area contributed by atoms with E-state index in [2.05, 4.69) is 15.4 Å². The molecule has 3 heterocycles. The van der Waals surface area contributed by atoms with Crippen LogP contribution in [0.2, 0.25) is 0 Å². The molecule has 1 unspecified atom stereocenters. The zero-order chi connectivity index (χ0) is 19.2. The summed E-state index contributed by atoms with van der Waals surface area (Å²) in [6, 6.07) is 0. The lowest BCUT2D eigenvalue weighted by Gasteiger charge is -2.19. The Morgan fingerprint density at radius 1 is 1.23 bits per heavy atom. The first-order valence-electron chi connectivity index (χ1n) is 7.64. The quantitative estimate of drug-likeness (QED) is 0.696. The Hall–Kier alpha value is -2.89.